The van der Waals surface area contributed by atoms with Crippen molar-refractivity contribution in [3.8, 4) is 0 Å². The summed E-state index contributed by atoms with van der Waals surface area (Å²) in [5, 5.41) is 4.48. The molecule has 0 aliphatic carbocycles. The van der Waals surface area contributed by atoms with Crippen molar-refractivity contribution in [3.63, 3.8) is 0 Å². The van der Waals surface area contributed by atoms with E-state index in [-0.39, 0.29) is 5.56 Å². The summed E-state index contributed by atoms with van der Waals surface area (Å²) >= 11 is 0. The van der Waals surface area contributed by atoms with Gasteiger partial charge in [0, 0.05) is 22.8 Å². The topological polar surface area (TPSA) is 75.1 Å². The van der Waals surface area contributed by atoms with Crippen molar-refractivity contribution in [2.75, 3.05) is 5.32 Å². The summed E-state index contributed by atoms with van der Waals surface area (Å²) in [6, 6.07) is 16.1. The van der Waals surface area contributed by atoms with Crippen LogP contribution in [-0.2, 0) is 0 Å². The third-order valence-corrected chi connectivity index (χ3v) is 3.70. The molecule has 5 nitrogen and oxygen atoms in total. The number of amides is 1. The Morgan fingerprint density at radius 3 is 2.78 bits per heavy atom. The van der Waals surface area contributed by atoms with Gasteiger partial charge >= 0.3 is 5.63 Å². The fraction of sp³-hybridized carbons (Fsp3) is 0. The number of carbonyl (C=O) groups excluding carboxylic acids is 1. The minimum absolute atomic E-state index is 0.0183. The average molecular weight is 304 g/mol. The predicted octanol–water partition coefficient (Wildman–Crippen LogP) is 3.53. The lowest BCUT2D eigenvalue weighted by Crippen LogP contribution is -2.20. The first-order valence-corrected chi connectivity index (χ1v) is 7.12. The Balaban J connectivity index is 1.71. The number of aromatic nitrogens is 1. The third kappa shape index (κ3) is 2.38. The van der Waals surface area contributed by atoms with E-state index in [0.717, 1.165) is 10.9 Å². The normalized spacial score (nSPS) is 11.0. The van der Waals surface area contributed by atoms with Crippen molar-refractivity contribution >= 4 is 33.5 Å². The van der Waals surface area contributed by atoms with Crippen LogP contribution in [0.3, 0.4) is 0 Å². The summed E-state index contributed by atoms with van der Waals surface area (Å²) < 4.78 is 5.19. The molecule has 4 rings (SSSR count). The van der Waals surface area contributed by atoms with Gasteiger partial charge in [-0.25, -0.2) is 4.79 Å². The van der Waals surface area contributed by atoms with Crippen molar-refractivity contribution in [1.82, 2.24) is 4.98 Å². The molecule has 5 heteroatoms. The van der Waals surface area contributed by atoms with Crippen molar-refractivity contribution < 1.29 is 9.21 Å². The molecular weight excluding hydrogens is 292 g/mol. The lowest BCUT2D eigenvalue weighted by molar-refractivity contribution is 0.102. The number of hydrogen-bond donors (Lipinski definition) is 2. The van der Waals surface area contributed by atoms with Gasteiger partial charge in [-0.05, 0) is 35.7 Å². The second kappa shape index (κ2) is 5.14. The number of aromatic amines is 1. The number of H-pyrrole nitrogens is 1. The molecule has 0 radical (unpaired) electrons. The van der Waals surface area contributed by atoms with Gasteiger partial charge < -0.3 is 14.7 Å². The molecular formula is C18H12N2O3. The molecule has 112 valence electrons. The SMILES string of the molecule is O=C(Nc1ccc2cc[nH]c2c1)c1cc2ccccc2oc1=O. The maximum atomic E-state index is 12.4. The molecule has 1 amide bonds. The van der Waals surface area contributed by atoms with Gasteiger partial charge in [0.25, 0.3) is 5.91 Å². The van der Waals surface area contributed by atoms with Crippen molar-refractivity contribution in [1.29, 1.82) is 0 Å². The number of carbonyl (C=O) groups is 1. The van der Waals surface area contributed by atoms with Gasteiger partial charge in [-0.3, -0.25) is 4.79 Å². The van der Waals surface area contributed by atoms with Crippen LogP contribution >= 0.6 is 0 Å². The van der Waals surface area contributed by atoms with E-state index >= 15 is 0 Å². The fourth-order valence-electron chi connectivity index (χ4n) is 2.54. The van der Waals surface area contributed by atoms with E-state index in [9.17, 15) is 9.59 Å². The molecule has 0 unspecified atom stereocenters. The number of benzene rings is 2. The monoisotopic (exact) mass is 304 g/mol. The van der Waals surface area contributed by atoms with Crippen LogP contribution in [0, 0.1) is 0 Å². The summed E-state index contributed by atoms with van der Waals surface area (Å²) in [7, 11) is 0. The molecule has 0 atom stereocenters. The molecule has 0 aliphatic heterocycles. The summed E-state index contributed by atoms with van der Waals surface area (Å²) in [5.74, 6) is -0.490. The average Bonchev–Trinajstić information content (AvgIpc) is 3.01. The zero-order valence-electron chi connectivity index (χ0n) is 12.0. The standard InChI is InChI=1S/C18H12N2O3/c21-17(20-13-6-5-11-7-8-19-15(11)10-13)14-9-12-3-1-2-4-16(12)23-18(14)22/h1-10,19H,(H,20,21). The molecule has 0 saturated carbocycles. The van der Waals surface area contributed by atoms with Crippen molar-refractivity contribution in [2.24, 2.45) is 0 Å². The number of fused-ring (bicyclic) bond motifs is 2. The molecule has 2 N–H and O–H groups in total. The van der Waals surface area contributed by atoms with Gasteiger partial charge in [0.1, 0.15) is 11.1 Å². The lowest BCUT2D eigenvalue weighted by atomic mass is 10.1. The van der Waals surface area contributed by atoms with E-state index in [2.05, 4.69) is 10.3 Å². The molecule has 2 aromatic carbocycles. The van der Waals surface area contributed by atoms with Crippen LogP contribution in [0.25, 0.3) is 21.9 Å². The van der Waals surface area contributed by atoms with E-state index in [0.29, 0.717) is 16.7 Å². The summed E-state index contributed by atoms with van der Waals surface area (Å²) in [4.78, 5) is 27.5. The summed E-state index contributed by atoms with van der Waals surface area (Å²) in [6.07, 6.45) is 1.83. The Bertz CT molecular complexity index is 1090. The predicted molar refractivity (Wildman–Crippen MR) is 88.7 cm³/mol. The first kappa shape index (κ1) is 13.3. The molecule has 2 heterocycles. The molecule has 0 spiro atoms. The zero-order chi connectivity index (χ0) is 15.8. The minimum atomic E-state index is -0.651. The highest BCUT2D eigenvalue weighted by Gasteiger charge is 2.14. The van der Waals surface area contributed by atoms with E-state index < -0.39 is 11.5 Å². The van der Waals surface area contributed by atoms with Crippen LogP contribution in [0.5, 0.6) is 0 Å². The molecule has 2 aromatic heterocycles. The van der Waals surface area contributed by atoms with Crippen LogP contribution in [0.15, 0.2) is 70.0 Å². The van der Waals surface area contributed by atoms with E-state index in [1.807, 2.05) is 30.5 Å². The minimum Gasteiger partial charge on any atom is -0.422 e. The number of hydrogen-bond acceptors (Lipinski definition) is 3. The van der Waals surface area contributed by atoms with Gasteiger partial charge in [0.05, 0.1) is 0 Å². The first-order valence-electron chi connectivity index (χ1n) is 7.12. The van der Waals surface area contributed by atoms with E-state index in [1.54, 1.807) is 30.3 Å². The smallest absolute Gasteiger partial charge is 0.349 e. The maximum absolute atomic E-state index is 12.4. The van der Waals surface area contributed by atoms with Crippen LogP contribution in [0.2, 0.25) is 0 Å². The first-order chi connectivity index (χ1) is 11.2. The molecule has 0 fully saturated rings. The Kier molecular flexibility index (Phi) is 2.98. The van der Waals surface area contributed by atoms with Gasteiger partial charge in [-0.1, -0.05) is 24.3 Å². The second-order valence-electron chi connectivity index (χ2n) is 5.22. The van der Waals surface area contributed by atoms with Gasteiger partial charge in [-0.2, -0.15) is 0 Å². The summed E-state index contributed by atoms with van der Waals surface area (Å²) in [6.45, 7) is 0. The fourth-order valence-corrected chi connectivity index (χ4v) is 2.54. The lowest BCUT2D eigenvalue weighted by Gasteiger charge is -2.05. The van der Waals surface area contributed by atoms with E-state index in [1.165, 1.54) is 0 Å². The summed E-state index contributed by atoms with van der Waals surface area (Å²) in [5.41, 5.74) is 1.31. The van der Waals surface area contributed by atoms with Crippen molar-refractivity contribution in [3.05, 3.63) is 76.8 Å². The quantitative estimate of drug-likeness (QED) is 0.556. The number of rotatable bonds is 2. The highest BCUT2D eigenvalue weighted by atomic mass is 16.4. The van der Waals surface area contributed by atoms with Crippen LogP contribution in [0.4, 0.5) is 5.69 Å². The van der Waals surface area contributed by atoms with E-state index in [4.69, 9.17) is 4.42 Å². The van der Waals surface area contributed by atoms with Gasteiger partial charge in [0.15, 0.2) is 0 Å². The third-order valence-electron chi connectivity index (χ3n) is 3.70. The Labute approximate surface area is 130 Å². The Morgan fingerprint density at radius 1 is 1.00 bits per heavy atom. The largest absolute Gasteiger partial charge is 0.422 e. The highest BCUT2D eigenvalue weighted by molar-refractivity contribution is 6.06. The molecule has 0 bridgehead atoms. The van der Waals surface area contributed by atoms with Crippen LogP contribution < -0.4 is 10.9 Å². The zero-order valence-corrected chi connectivity index (χ0v) is 12.0. The number of nitrogens with one attached hydrogen (secondary N) is 2. The second-order valence-corrected chi connectivity index (χ2v) is 5.22. The van der Waals surface area contributed by atoms with Crippen LogP contribution in [-0.4, -0.2) is 10.9 Å². The van der Waals surface area contributed by atoms with Gasteiger partial charge in [0.2, 0.25) is 0 Å². The molecule has 0 aliphatic rings. The Morgan fingerprint density at radius 2 is 1.87 bits per heavy atom. The Hall–Kier alpha value is -3.34. The molecule has 4 aromatic rings. The molecule has 23 heavy (non-hydrogen) atoms. The number of para-hydroxylation sites is 1. The van der Waals surface area contributed by atoms with Crippen LogP contribution in [0.1, 0.15) is 10.4 Å². The highest BCUT2D eigenvalue weighted by Crippen LogP contribution is 2.19. The molecule has 0 saturated heterocycles. The van der Waals surface area contributed by atoms with Crippen molar-refractivity contribution in [2.45, 2.75) is 0 Å². The maximum Gasteiger partial charge on any atom is 0.349 e. The number of anilines is 1. The van der Waals surface area contributed by atoms with Gasteiger partial charge in [-0.15, -0.1) is 0 Å².